The first-order chi connectivity index (χ1) is 12.0. The largest absolute Gasteiger partial charge is 0.366 e. The Balaban J connectivity index is 2.14. The zero-order chi connectivity index (χ0) is 18.0. The summed E-state index contributed by atoms with van der Waals surface area (Å²) in [5.41, 5.74) is 3.40. The molecule has 0 fully saturated rings. The molecule has 0 atom stereocenters. The third-order valence-electron chi connectivity index (χ3n) is 4.08. The number of hydrogen-bond acceptors (Lipinski definition) is 2. The Bertz CT molecular complexity index is 931. The van der Waals surface area contributed by atoms with Crippen LogP contribution in [-0.2, 0) is 0 Å². The molecule has 5 heteroatoms. The minimum Gasteiger partial charge on any atom is -0.366 e. The molecule has 0 N–H and O–H groups in total. The maximum absolute atomic E-state index is 13.6. The smallest absolute Gasteiger partial charge is 0.126 e. The van der Waals surface area contributed by atoms with Gasteiger partial charge in [0.15, 0.2) is 0 Å². The highest BCUT2D eigenvalue weighted by Gasteiger charge is 2.10. The Labute approximate surface area is 145 Å². The Morgan fingerprint density at radius 1 is 1.12 bits per heavy atom. The Morgan fingerprint density at radius 3 is 2.52 bits per heavy atom. The second-order valence-electron chi connectivity index (χ2n) is 5.95. The van der Waals surface area contributed by atoms with Crippen LogP contribution in [0.4, 0.5) is 14.5 Å². The highest BCUT2D eigenvalue weighted by Crippen LogP contribution is 2.31. The topological polar surface area (TPSA) is 28.5 Å². The molecule has 3 nitrogen and oxygen atoms in total. The van der Waals surface area contributed by atoms with Crippen LogP contribution in [0.25, 0.3) is 22.0 Å². The quantitative estimate of drug-likeness (QED) is 0.489. The number of para-hydroxylation sites is 1. The van der Waals surface area contributed by atoms with Gasteiger partial charge in [-0.1, -0.05) is 18.2 Å². The third-order valence-corrected chi connectivity index (χ3v) is 4.08. The van der Waals surface area contributed by atoms with Gasteiger partial charge in [-0.2, -0.15) is 0 Å². The fraction of sp³-hybridized carbons (Fsp3) is 0.200. The number of benzene rings is 2. The fourth-order valence-corrected chi connectivity index (χ4v) is 2.59. The van der Waals surface area contributed by atoms with Gasteiger partial charge < -0.3 is 4.90 Å². The highest BCUT2D eigenvalue weighted by molar-refractivity contribution is 5.95. The summed E-state index contributed by atoms with van der Waals surface area (Å²) in [4.78, 5) is 11.1. The average Bonchev–Trinajstić information content (AvgIpc) is 2.58. The first-order valence-electron chi connectivity index (χ1n) is 8.09. The first kappa shape index (κ1) is 17.0. The van der Waals surface area contributed by atoms with Crippen molar-refractivity contribution in [2.24, 2.45) is 4.99 Å². The zero-order valence-corrected chi connectivity index (χ0v) is 14.4. The highest BCUT2D eigenvalue weighted by atomic mass is 19.1. The van der Waals surface area contributed by atoms with Gasteiger partial charge in [0, 0.05) is 30.6 Å². The van der Waals surface area contributed by atoms with E-state index < -0.39 is 11.6 Å². The first-order valence-corrected chi connectivity index (χ1v) is 8.09. The summed E-state index contributed by atoms with van der Waals surface area (Å²) in [6, 6.07) is 11.0. The predicted octanol–water partition coefficient (Wildman–Crippen LogP) is 5.10. The Hall–Kier alpha value is -2.82. The number of aliphatic imine (C=N–C) groups is 1. The molecule has 0 saturated carbocycles. The number of rotatable bonds is 4. The molecule has 0 amide bonds. The standard InChI is InChI=1S/C20H19F2N3/c1-4-25(3)12-23-19-10-14-6-5-7-18(20(14)24-13(19)2)15-8-16(21)11-17(22)9-15/h5-12H,4H2,1-3H3/b23-12+. The monoisotopic (exact) mass is 339 g/mol. The number of pyridine rings is 1. The van der Waals surface area contributed by atoms with Crippen molar-refractivity contribution in [3.8, 4) is 11.1 Å². The summed E-state index contributed by atoms with van der Waals surface area (Å²) in [5, 5.41) is 0.874. The van der Waals surface area contributed by atoms with Crippen LogP contribution in [0, 0.1) is 18.6 Å². The molecule has 128 valence electrons. The van der Waals surface area contributed by atoms with Crippen LogP contribution in [0.1, 0.15) is 12.6 Å². The summed E-state index contributed by atoms with van der Waals surface area (Å²) in [5.74, 6) is -1.21. The van der Waals surface area contributed by atoms with Gasteiger partial charge in [0.25, 0.3) is 0 Å². The van der Waals surface area contributed by atoms with E-state index in [-0.39, 0.29) is 0 Å². The number of fused-ring (bicyclic) bond motifs is 1. The Kier molecular flexibility index (Phi) is 4.74. The summed E-state index contributed by atoms with van der Waals surface area (Å²) in [6.45, 7) is 4.78. The van der Waals surface area contributed by atoms with Crippen molar-refractivity contribution in [3.63, 3.8) is 0 Å². The van der Waals surface area contributed by atoms with Gasteiger partial charge in [0.05, 0.1) is 23.2 Å². The summed E-state index contributed by atoms with van der Waals surface area (Å²) in [6.07, 6.45) is 1.77. The molecule has 1 aromatic heterocycles. The van der Waals surface area contributed by atoms with E-state index in [1.54, 1.807) is 6.34 Å². The van der Waals surface area contributed by atoms with Crippen LogP contribution in [0.3, 0.4) is 0 Å². The van der Waals surface area contributed by atoms with E-state index in [1.807, 2.05) is 50.1 Å². The fourth-order valence-electron chi connectivity index (χ4n) is 2.59. The molecular formula is C20H19F2N3. The van der Waals surface area contributed by atoms with Gasteiger partial charge in [-0.25, -0.2) is 13.8 Å². The predicted molar refractivity (Wildman–Crippen MR) is 98.3 cm³/mol. The zero-order valence-electron chi connectivity index (χ0n) is 14.4. The molecule has 3 rings (SSSR count). The van der Waals surface area contributed by atoms with Crippen molar-refractivity contribution in [1.29, 1.82) is 0 Å². The lowest BCUT2D eigenvalue weighted by Crippen LogP contribution is -2.14. The van der Waals surface area contributed by atoms with Crippen LogP contribution in [0.2, 0.25) is 0 Å². The molecule has 0 radical (unpaired) electrons. The number of hydrogen-bond donors (Lipinski definition) is 0. The number of halogens is 2. The molecule has 0 aliphatic carbocycles. The van der Waals surface area contributed by atoms with E-state index in [4.69, 9.17) is 0 Å². The number of aromatic nitrogens is 1. The van der Waals surface area contributed by atoms with Gasteiger partial charge in [-0.15, -0.1) is 0 Å². The Morgan fingerprint density at radius 2 is 1.84 bits per heavy atom. The maximum Gasteiger partial charge on any atom is 0.126 e. The average molecular weight is 339 g/mol. The van der Waals surface area contributed by atoms with E-state index in [1.165, 1.54) is 12.1 Å². The SMILES string of the molecule is CCN(C)/C=N/c1cc2cccc(-c3cc(F)cc(F)c3)c2nc1C. The molecule has 1 heterocycles. The molecule has 0 spiro atoms. The van der Waals surface area contributed by atoms with Crippen molar-refractivity contribution in [2.75, 3.05) is 13.6 Å². The van der Waals surface area contributed by atoms with Gasteiger partial charge in [-0.05, 0) is 37.6 Å². The second-order valence-corrected chi connectivity index (χ2v) is 5.95. The third kappa shape index (κ3) is 3.65. The lowest BCUT2D eigenvalue weighted by atomic mass is 10.0. The molecule has 3 aromatic rings. The molecule has 2 aromatic carbocycles. The summed E-state index contributed by atoms with van der Waals surface area (Å²) >= 11 is 0. The maximum atomic E-state index is 13.6. The van der Waals surface area contributed by atoms with Gasteiger partial charge in [0.2, 0.25) is 0 Å². The van der Waals surface area contributed by atoms with Crippen LogP contribution in [0.15, 0.2) is 47.5 Å². The van der Waals surface area contributed by atoms with E-state index in [0.29, 0.717) is 16.6 Å². The normalized spacial score (nSPS) is 11.4. The van der Waals surface area contributed by atoms with E-state index in [0.717, 1.165) is 29.4 Å². The van der Waals surface area contributed by atoms with Crippen molar-refractivity contribution >= 4 is 22.9 Å². The van der Waals surface area contributed by atoms with Crippen LogP contribution in [0.5, 0.6) is 0 Å². The molecule has 0 saturated heterocycles. The molecule has 0 aliphatic heterocycles. The molecule has 0 aliphatic rings. The summed E-state index contributed by atoms with van der Waals surface area (Å²) < 4.78 is 27.2. The van der Waals surface area contributed by atoms with Crippen molar-refractivity contribution < 1.29 is 8.78 Å². The second kappa shape index (κ2) is 6.97. The lowest BCUT2D eigenvalue weighted by Gasteiger charge is -2.11. The van der Waals surface area contributed by atoms with Crippen molar-refractivity contribution in [2.45, 2.75) is 13.8 Å². The number of aryl methyl sites for hydroxylation is 1. The lowest BCUT2D eigenvalue weighted by molar-refractivity contribution is 0.552. The molecule has 25 heavy (non-hydrogen) atoms. The van der Waals surface area contributed by atoms with E-state index in [2.05, 4.69) is 9.98 Å². The van der Waals surface area contributed by atoms with E-state index >= 15 is 0 Å². The van der Waals surface area contributed by atoms with Crippen molar-refractivity contribution in [1.82, 2.24) is 9.88 Å². The van der Waals surface area contributed by atoms with Gasteiger partial charge >= 0.3 is 0 Å². The molecule has 0 bridgehead atoms. The summed E-state index contributed by atoms with van der Waals surface area (Å²) in [7, 11) is 1.95. The molecular weight excluding hydrogens is 320 g/mol. The van der Waals surface area contributed by atoms with Crippen molar-refractivity contribution in [3.05, 3.63) is 59.8 Å². The van der Waals surface area contributed by atoms with Crippen LogP contribution >= 0.6 is 0 Å². The molecule has 0 unspecified atom stereocenters. The van der Waals surface area contributed by atoms with Crippen LogP contribution < -0.4 is 0 Å². The van der Waals surface area contributed by atoms with Gasteiger partial charge in [-0.3, -0.25) is 4.98 Å². The van der Waals surface area contributed by atoms with Gasteiger partial charge in [0.1, 0.15) is 11.6 Å². The van der Waals surface area contributed by atoms with Crippen LogP contribution in [-0.4, -0.2) is 29.8 Å². The minimum absolute atomic E-state index is 0.469. The van der Waals surface area contributed by atoms with E-state index in [9.17, 15) is 8.78 Å². The minimum atomic E-state index is -0.604. The number of nitrogens with zero attached hydrogens (tertiary/aromatic N) is 3.